The summed E-state index contributed by atoms with van der Waals surface area (Å²) < 4.78 is 11.0. The zero-order chi connectivity index (χ0) is 13.7. The van der Waals surface area contributed by atoms with Gasteiger partial charge in [-0.3, -0.25) is 4.90 Å². The smallest absolute Gasteiger partial charge is 0.247 e. The van der Waals surface area contributed by atoms with E-state index in [1.165, 1.54) is 0 Å². The summed E-state index contributed by atoms with van der Waals surface area (Å²) in [7, 11) is 3.78. The molecule has 1 unspecified atom stereocenters. The molecule has 0 radical (unpaired) electrons. The fourth-order valence-corrected chi connectivity index (χ4v) is 1.11. The molecule has 18 heavy (non-hydrogen) atoms. The van der Waals surface area contributed by atoms with Gasteiger partial charge in [-0.25, -0.2) is 0 Å². The standard InChI is InChI=1S/C11H21N5O2/c1-5-6-17-9-8(12)10(15-11(13)14-9)18-7(2)16(3)4/h7H,5-6,12H2,1-4H3,(H2,13,14,15). The first-order valence-corrected chi connectivity index (χ1v) is 5.84. The Morgan fingerprint density at radius 2 is 1.83 bits per heavy atom. The van der Waals surface area contributed by atoms with Crippen LogP contribution in [0.3, 0.4) is 0 Å². The number of aromatic nitrogens is 2. The van der Waals surface area contributed by atoms with E-state index in [0.29, 0.717) is 6.61 Å². The van der Waals surface area contributed by atoms with Gasteiger partial charge in [0.1, 0.15) is 0 Å². The lowest BCUT2D eigenvalue weighted by atomic mass is 10.4. The van der Waals surface area contributed by atoms with E-state index < -0.39 is 0 Å². The van der Waals surface area contributed by atoms with Crippen LogP contribution in [-0.4, -0.2) is 41.8 Å². The van der Waals surface area contributed by atoms with E-state index in [2.05, 4.69) is 9.97 Å². The van der Waals surface area contributed by atoms with E-state index in [-0.39, 0.29) is 29.6 Å². The van der Waals surface area contributed by atoms with Gasteiger partial charge in [-0.1, -0.05) is 6.92 Å². The Balaban J connectivity index is 2.93. The second kappa shape index (κ2) is 6.25. The van der Waals surface area contributed by atoms with Crippen LogP contribution in [0.5, 0.6) is 11.8 Å². The highest BCUT2D eigenvalue weighted by Crippen LogP contribution is 2.29. The Labute approximate surface area is 107 Å². The van der Waals surface area contributed by atoms with Crippen LogP contribution in [0.1, 0.15) is 20.3 Å². The first kappa shape index (κ1) is 14.3. The molecule has 7 nitrogen and oxygen atoms in total. The molecule has 4 N–H and O–H groups in total. The van der Waals surface area contributed by atoms with Gasteiger partial charge < -0.3 is 20.9 Å². The lowest BCUT2D eigenvalue weighted by molar-refractivity contribution is 0.0774. The topological polar surface area (TPSA) is 99.5 Å². The number of rotatable bonds is 6. The van der Waals surface area contributed by atoms with Crippen molar-refractivity contribution in [2.75, 3.05) is 32.2 Å². The van der Waals surface area contributed by atoms with Gasteiger partial charge in [-0.05, 0) is 27.4 Å². The molecule has 0 aromatic carbocycles. The molecule has 0 aliphatic rings. The fraction of sp³-hybridized carbons (Fsp3) is 0.636. The summed E-state index contributed by atoms with van der Waals surface area (Å²) in [5, 5.41) is 0. The Hall–Kier alpha value is -1.76. The SMILES string of the molecule is CCCOc1nc(N)nc(OC(C)N(C)C)c1N. The van der Waals surface area contributed by atoms with E-state index in [0.717, 1.165) is 6.42 Å². The van der Waals surface area contributed by atoms with E-state index in [9.17, 15) is 0 Å². The van der Waals surface area contributed by atoms with Crippen LogP contribution in [0.15, 0.2) is 0 Å². The molecular weight excluding hydrogens is 234 g/mol. The van der Waals surface area contributed by atoms with Gasteiger partial charge in [-0.15, -0.1) is 0 Å². The lowest BCUT2D eigenvalue weighted by Crippen LogP contribution is -2.30. The number of nitrogens with two attached hydrogens (primary N) is 2. The van der Waals surface area contributed by atoms with Crippen LogP contribution in [0.25, 0.3) is 0 Å². The number of ether oxygens (including phenoxy) is 2. The van der Waals surface area contributed by atoms with Crippen molar-refractivity contribution in [1.82, 2.24) is 14.9 Å². The average molecular weight is 255 g/mol. The molecule has 1 rings (SSSR count). The van der Waals surface area contributed by atoms with Crippen molar-refractivity contribution >= 4 is 11.6 Å². The van der Waals surface area contributed by atoms with Crippen LogP contribution in [0, 0.1) is 0 Å². The van der Waals surface area contributed by atoms with Gasteiger partial charge in [0.2, 0.25) is 17.7 Å². The highest BCUT2D eigenvalue weighted by atomic mass is 16.5. The van der Waals surface area contributed by atoms with Crippen LogP contribution < -0.4 is 20.9 Å². The highest BCUT2D eigenvalue weighted by Gasteiger charge is 2.16. The van der Waals surface area contributed by atoms with Crippen molar-refractivity contribution in [1.29, 1.82) is 0 Å². The summed E-state index contributed by atoms with van der Waals surface area (Å²) in [6.45, 7) is 4.39. The van der Waals surface area contributed by atoms with Crippen LogP contribution in [0.2, 0.25) is 0 Å². The molecule has 7 heteroatoms. The monoisotopic (exact) mass is 255 g/mol. The molecule has 102 valence electrons. The van der Waals surface area contributed by atoms with Crippen molar-refractivity contribution < 1.29 is 9.47 Å². The molecule has 0 aliphatic carbocycles. The summed E-state index contributed by atoms with van der Waals surface area (Å²) in [4.78, 5) is 9.80. The third-order valence-electron chi connectivity index (χ3n) is 2.35. The zero-order valence-electron chi connectivity index (χ0n) is 11.3. The van der Waals surface area contributed by atoms with Gasteiger partial charge >= 0.3 is 0 Å². The molecule has 1 aromatic rings. The first-order valence-electron chi connectivity index (χ1n) is 5.84. The van der Waals surface area contributed by atoms with Crippen LogP contribution >= 0.6 is 0 Å². The second-order valence-electron chi connectivity index (χ2n) is 4.14. The van der Waals surface area contributed by atoms with E-state index in [1.54, 1.807) is 0 Å². The van der Waals surface area contributed by atoms with Crippen molar-refractivity contribution in [3.05, 3.63) is 0 Å². The third-order valence-corrected chi connectivity index (χ3v) is 2.35. The van der Waals surface area contributed by atoms with Gasteiger partial charge in [0.05, 0.1) is 6.61 Å². The zero-order valence-corrected chi connectivity index (χ0v) is 11.3. The van der Waals surface area contributed by atoms with E-state index in [4.69, 9.17) is 20.9 Å². The lowest BCUT2D eigenvalue weighted by Gasteiger charge is -2.21. The first-order chi connectivity index (χ1) is 8.45. The normalized spacial score (nSPS) is 12.5. The highest BCUT2D eigenvalue weighted by molar-refractivity contribution is 5.58. The summed E-state index contributed by atoms with van der Waals surface area (Å²) in [6, 6.07) is 0. The predicted octanol–water partition coefficient (Wildman–Crippen LogP) is 0.716. The molecule has 1 heterocycles. The van der Waals surface area contributed by atoms with Crippen LogP contribution in [0.4, 0.5) is 11.6 Å². The van der Waals surface area contributed by atoms with Crippen molar-refractivity contribution in [2.24, 2.45) is 0 Å². The molecule has 0 fully saturated rings. The molecule has 0 saturated carbocycles. The maximum absolute atomic E-state index is 5.89. The Morgan fingerprint density at radius 3 is 2.39 bits per heavy atom. The molecule has 0 bridgehead atoms. The number of hydrogen-bond donors (Lipinski definition) is 2. The van der Waals surface area contributed by atoms with E-state index in [1.807, 2.05) is 32.8 Å². The van der Waals surface area contributed by atoms with Gasteiger partial charge in [0.15, 0.2) is 11.9 Å². The summed E-state index contributed by atoms with van der Waals surface area (Å²) in [5.41, 5.74) is 11.8. The van der Waals surface area contributed by atoms with Gasteiger partial charge in [0.25, 0.3) is 0 Å². The Bertz CT molecular complexity index is 397. The molecule has 0 spiro atoms. The Morgan fingerprint density at radius 1 is 1.22 bits per heavy atom. The van der Waals surface area contributed by atoms with Crippen molar-refractivity contribution in [2.45, 2.75) is 26.5 Å². The largest absolute Gasteiger partial charge is 0.476 e. The number of nitrogen functional groups attached to an aromatic ring is 2. The van der Waals surface area contributed by atoms with Gasteiger partial charge in [0, 0.05) is 0 Å². The van der Waals surface area contributed by atoms with Crippen molar-refractivity contribution in [3.8, 4) is 11.8 Å². The number of hydrogen-bond acceptors (Lipinski definition) is 7. The fourth-order valence-electron chi connectivity index (χ4n) is 1.11. The van der Waals surface area contributed by atoms with Crippen LogP contribution in [-0.2, 0) is 0 Å². The molecule has 1 aromatic heterocycles. The molecule has 1 atom stereocenters. The number of nitrogens with zero attached hydrogens (tertiary/aromatic N) is 3. The maximum atomic E-state index is 5.89. The van der Waals surface area contributed by atoms with Crippen molar-refractivity contribution in [3.63, 3.8) is 0 Å². The predicted molar refractivity (Wildman–Crippen MR) is 70.4 cm³/mol. The summed E-state index contributed by atoms with van der Waals surface area (Å²) in [5.74, 6) is 0.594. The molecule has 0 amide bonds. The minimum absolute atomic E-state index is 0.0799. The maximum Gasteiger partial charge on any atom is 0.247 e. The molecular formula is C11H21N5O2. The molecule has 0 aliphatic heterocycles. The van der Waals surface area contributed by atoms with Gasteiger partial charge in [-0.2, -0.15) is 9.97 Å². The Kier molecular flexibility index (Phi) is 4.96. The quantitative estimate of drug-likeness (QED) is 0.722. The minimum Gasteiger partial charge on any atom is -0.476 e. The molecule has 0 saturated heterocycles. The average Bonchev–Trinajstić information content (AvgIpc) is 2.31. The minimum atomic E-state index is -0.180. The summed E-state index contributed by atoms with van der Waals surface area (Å²) >= 11 is 0. The second-order valence-corrected chi connectivity index (χ2v) is 4.14. The van der Waals surface area contributed by atoms with E-state index >= 15 is 0 Å². The third kappa shape index (κ3) is 3.63. The number of anilines is 2. The summed E-state index contributed by atoms with van der Waals surface area (Å²) in [6.07, 6.45) is 0.675.